The van der Waals surface area contributed by atoms with Crippen molar-refractivity contribution in [1.29, 1.82) is 0 Å². The van der Waals surface area contributed by atoms with Crippen LogP contribution in [0.25, 0.3) is 5.69 Å². The van der Waals surface area contributed by atoms with Gasteiger partial charge in [0.05, 0.1) is 22.6 Å². The zero-order chi connectivity index (χ0) is 31.2. The molecule has 2 bridgehead atoms. The number of carbonyl (C=O) groups is 2. The van der Waals surface area contributed by atoms with Crippen molar-refractivity contribution in [2.24, 2.45) is 5.92 Å². The summed E-state index contributed by atoms with van der Waals surface area (Å²) in [6.07, 6.45) is 5.15. The van der Waals surface area contributed by atoms with Crippen LogP contribution in [0.5, 0.6) is 0 Å². The van der Waals surface area contributed by atoms with Gasteiger partial charge in [-0.2, -0.15) is 10.2 Å². The molecule has 6 rings (SSSR count). The standard InChI is InChI=1S/C35H43N7O2/c1-21-7-13-27(14-8-21)42-31(20-30(40-42)35(4,5)6)37-34(44)36-26-11-9-24(10-12-26)17-25-18-28-15-16-29(19-25)41(28)33(43)32-22(2)38-39-23(32)3/h7-14,20,25,28-29H,15-19H2,1-6H3,(H,38,39)(H2,36,37,44). The number of aromatic amines is 1. The summed E-state index contributed by atoms with van der Waals surface area (Å²) < 4.78 is 1.78. The van der Waals surface area contributed by atoms with E-state index in [2.05, 4.69) is 58.6 Å². The third-order valence-corrected chi connectivity index (χ3v) is 9.14. The molecule has 9 nitrogen and oxygen atoms in total. The maximum Gasteiger partial charge on any atom is 0.324 e. The molecule has 3 N–H and O–H groups in total. The molecule has 2 fully saturated rings. The van der Waals surface area contributed by atoms with Crippen LogP contribution in [0.3, 0.4) is 0 Å². The number of H-pyrrole nitrogens is 1. The van der Waals surface area contributed by atoms with E-state index in [9.17, 15) is 9.59 Å². The lowest BCUT2D eigenvalue weighted by molar-refractivity contribution is 0.0523. The highest BCUT2D eigenvalue weighted by Gasteiger charge is 2.44. The summed E-state index contributed by atoms with van der Waals surface area (Å²) >= 11 is 0. The van der Waals surface area contributed by atoms with Gasteiger partial charge >= 0.3 is 6.03 Å². The number of rotatable bonds is 6. The highest BCUT2D eigenvalue weighted by molar-refractivity contribution is 5.99. The van der Waals surface area contributed by atoms with Crippen molar-refractivity contribution in [2.75, 3.05) is 10.6 Å². The van der Waals surface area contributed by atoms with Crippen LogP contribution >= 0.6 is 0 Å². The number of amides is 3. The second-order valence-corrected chi connectivity index (χ2v) is 13.6. The molecule has 0 aliphatic carbocycles. The lowest BCUT2D eigenvalue weighted by atomic mass is 9.85. The Morgan fingerprint density at radius 1 is 0.932 bits per heavy atom. The summed E-state index contributed by atoms with van der Waals surface area (Å²) in [7, 11) is 0. The number of urea groups is 1. The Kier molecular flexibility index (Phi) is 7.82. The smallest absolute Gasteiger partial charge is 0.324 e. The molecule has 0 spiro atoms. The topological polar surface area (TPSA) is 108 Å². The molecule has 9 heteroatoms. The van der Waals surface area contributed by atoms with Crippen molar-refractivity contribution in [1.82, 2.24) is 24.9 Å². The Morgan fingerprint density at radius 3 is 2.18 bits per heavy atom. The van der Waals surface area contributed by atoms with Gasteiger partial charge in [-0.1, -0.05) is 50.6 Å². The first-order chi connectivity index (χ1) is 21.0. The molecule has 2 atom stereocenters. The number of nitrogens with zero attached hydrogens (tertiary/aromatic N) is 4. The fraction of sp³-hybridized carbons (Fsp3) is 0.429. The lowest BCUT2D eigenvalue weighted by Crippen LogP contribution is -2.47. The summed E-state index contributed by atoms with van der Waals surface area (Å²) in [6, 6.07) is 18.4. The Bertz CT molecular complexity index is 1630. The summed E-state index contributed by atoms with van der Waals surface area (Å²) in [5, 5.41) is 18.0. The van der Waals surface area contributed by atoms with Crippen LogP contribution in [0.1, 0.15) is 85.0 Å². The first-order valence-electron chi connectivity index (χ1n) is 15.6. The Hall–Kier alpha value is -4.40. The fourth-order valence-corrected chi connectivity index (χ4v) is 6.84. The minimum atomic E-state index is -0.316. The molecule has 4 heterocycles. The van der Waals surface area contributed by atoms with Gasteiger partial charge in [0, 0.05) is 34.9 Å². The van der Waals surface area contributed by atoms with Crippen molar-refractivity contribution < 1.29 is 9.59 Å². The molecule has 0 radical (unpaired) electrons. The molecule has 2 aromatic heterocycles. The summed E-state index contributed by atoms with van der Waals surface area (Å²) in [5.74, 6) is 1.28. The van der Waals surface area contributed by atoms with E-state index in [0.717, 1.165) is 71.7 Å². The predicted octanol–water partition coefficient (Wildman–Crippen LogP) is 7.09. The molecule has 2 aromatic carbocycles. The van der Waals surface area contributed by atoms with E-state index in [1.165, 1.54) is 5.56 Å². The van der Waals surface area contributed by atoms with E-state index >= 15 is 0 Å². The zero-order valence-electron chi connectivity index (χ0n) is 26.6. The van der Waals surface area contributed by atoms with Crippen molar-refractivity contribution in [3.05, 3.63) is 88.4 Å². The second-order valence-electron chi connectivity index (χ2n) is 13.6. The number of benzene rings is 2. The number of nitrogens with one attached hydrogen (secondary N) is 3. The minimum absolute atomic E-state index is 0.130. The van der Waals surface area contributed by atoms with E-state index < -0.39 is 0 Å². The summed E-state index contributed by atoms with van der Waals surface area (Å²) in [5.41, 5.74) is 7.13. The number of fused-ring (bicyclic) bond motifs is 2. The molecule has 0 saturated carbocycles. The molecule has 2 saturated heterocycles. The van der Waals surface area contributed by atoms with Crippen molar-refractivity contribution in [3.63, 3.8) is 0 Å². The third kappa shape index (κ3) is 6.00. The second kappa shape index (κ2) is 11.6. The predicted molar refractivity (Wildman–Crippen MR) is 174 cm³/mol. The average molecular weight is 594 g/mol. The van der Waals surface area contributed by atoms with Gasteiger partial charge in [0.25, 0.3) is 5.91 Å². The molecule has 2 aliphatic heterocycles. The molecule has 3 amide bonds. The normalized spacial score (nSPS) is 19.7. The van der Waals surface area contributed by atoms with Crippen LogP contribution in [-0.4, -0.2) is 48.9 Å². The lowest BCUT2D eigenvalue weighted by Gasteiger charge is -2.39. The van der Waals surface area contributed by atoms with Gasteiger partial charge in [-0.15, -0.1) is 0 Å². The average Bonchev–Trinajstić information content (AvgIpc) is 3.63. The number of anilines is 2. The van der Waals surface area contributed by atoms with Crippen LogP contribution in [0.2, 0.25) is 0 Å². The minimum Gasteiger partial charge on any atom is -0.333 e. The highest BCUT2D eigenvalue weighted by Crippen LogP contribution is 2.41. The number of carbonyl (C=O) groups excluding carboxylic acids is 2. The van der Waals surface area contributed by atoms with Gasteiger partial charge in [0.1, 0.15) is 5.82 Å². The Labute approximate surface area is 259 Å². The van der Waals surface area contributed by atoms with Gasteiger partial charge in [-0.05, 0) is 88.6 Å². The summed E-state index contributed by atoms with van der Waals surface area (Å²) in [4.78, 5) is 28.7. The zero-order valence-corrected chi connectivity index (χ0v) is 26.6. The van der Waals surface area contributed by atoms with Crippen LogP contribution in [0.15, 0.2) is 54.6 Å². The number of aryl methyl sites for hydroxylation is 3. The Balaban J connectivity index is 1.08. The van der Waals surface area contributed by atoms with Gasteiger partial charge in [0.2, 0.25) is 0 Å². The van der Waals surface area contributed by atoms with Crippen LogP contribution in [0, 0.1) is 26.7 Å². The van der Waals surface area contributed by atoms with E-state index in [4.69, 9.17) is 5.10 Å². The van der Waals surface area contributed by atoms with Gasteiger partial charge in [-0.3, -0.25) is 15.2 Å². The molecule has 2 aliphatic rings. The van der Waals surface area contributed by atoms with E-state index in [0.29, 0.717) is 11.7 Å². The molecule has 4 aromatic rings. The van der Waals surface area contributed by atoms with Crippen molar-refractivity contribution in [3.8, 4) is 5.69 Å². The molecule has 2 unspecified atom stereocenters. The maximum absolute atomic E-state index is 13.4. The highest BCUT2D eigenvalue weighted by atomic mass is 16.2. The fourth-order valence-electron chi connectivity index (χ4n) is 6.84. The first-order valence-corrected chi connectivity index (χ1v) is 15.6. The first kappa shape index (κ1) is 29.7. The SMILES string of the molecule is Cc1ccc(-n2nc(C(C)(C)C)cc2NC(=O)Nc2ccc(CC3CC4CCC(C3)N4C(=O)c3c(C)n[nH]c3C)cc2)cc1. The van der Waals surface area contributed by atoms with Crippen molar-refractivity contribution >= 4 is 23.4 Å². The Morgan fingerprint density at radius 2 is 1.59 bits per heavy atom. The number of aromatic nitrogens is 4. The van der Waals surface area contributed by atoms with E-state index in [-0.39, 0.29) is 29.4 Å². The number of hydrogen-bond acceptors (Lipinski definition) is 4. The quantitative estimate of drug-likeness (QED) is 0.222. The monoisotopic (exact) mass is 593 g/mol. The van der Waals surface area contributed by atoms with Gasteiger partial charge < -0.3 is 10.2 Å². The van der Waals surface area contributed by atoms with E-state index in [1.54, 1.807) is 4.68 Å². The van der Waals surface area contributed by atoms with Crippen LogP contribution in [-0.2, 0) is 11.8 Å². The van der Waals surface area contributed by atoms with Gasteiger partial charge in [0.15, 0.2) is 0 Å². The number of piperidine rings is 1. The molecule has 230 valence electrons. The molecule has 44 heavy (non-hydrogen) atoms. The molecular weight excluding hydrogens is 550 g/mol. The van der Waals surface area contributed by atoms with Crippen LogP contribution < -0.4 is 10.6 Å². The number of hydrogen-bond donors (Lipinski definition) is 3. The maximum atomic E-state index is 13.4. The molecular formula is C35H43N7O2. The van der Waals surface area contributed by atoms with Crippen molar-refractivity contribution in [2.45, 2.75) is 91.1 Å². The van der Waals surface area contributed by atoms with Crippen LogP contribution in [0.4, 0.5) is 16.3 Å². The third-order valence-electron chi connectivity index (χ3n) is 9.14. The van der Waals surface area contributed by atoms with E-state index in [1.807, 2.05) is 63.2 Å². The largest absolute Gasteiger partial charge is 0.333 e. The summed E-state index contributed by atoms with van der Waals surface area (Å²) in [6.45, 7) is 12.2. The van der Waals surface area contributed by atoms with Gasteiger partial charge in [-0.25, -0.2) is 9.48 Å².